The molecule has 1 saturated heterocycles. The Morgan fingerprint density at radius 1 is 1.39 bits per heavy atom. The van der Waals surface area contributed by atoms with E-state index in [-0.39, 0.29) is 5.91 Å². The maximum absolute atomic E-state index is 12.6. The van der Waals surface area contributed by atoms with Gasteiger partial charge in [-0.2, -0.15) is 0 Å². The van der Waals surface area contributed by atoms with E-state index in [2.05, 4.69) is 23.8 Å². The second-order valence-corrected chi connectivity index (χ2v) is 6.38. The SMILES string of the molecule is CCn1ccc2cc(C(=O)N(C)CCC[C@@H]3CCCO3)ccc21. The van der Waals surface area contributed by atoms with E-state index in [0.29, 0.717) is 6.10 Å². The monoisotopic (exact) mass is 314 g/mol. The van der Waals surface area contributed by atoms with E-state index in [0.717, 1.165) is 43.5 Å². The Morgan fingerprint density at radius 3 is 3.00 bits per heavy atom. The van der Waals surface area contributed by atoms with Gasteiger partial charge >= 0.3 is 0 Å². The molecule has 1 fully saturated rings. The van der Waals surface area contributed by atoms with Gasteiger partial charge in [-0.1, -0.05) is 0 Å². The lowest BCUT2D eigenvalue weighted by molar-refractivity contribution is 0.0763. The Bertz CT molecular complexity index is 671. The van der Waals surface area contributed by atoms with Crippen LogP contribution in [0.1, 0.15) is 43.0 Å². The van der Waals surface area contributed by atoms with Crippen molar-refractivity contribution in [2.24, 2.45) is 0 Å². The van der Waals surface area contributed by atoms with Crippen molar-refractivity contribution >= 4 is 16.8 Å². The summed E-state index contributed by atoms with van der Waals surface area (Å²) >= 11 is 0. The molecule has 23 heavy (non-hydrogen) atoms. The highest BCUT2D eigenvalue weighted by Crippen LogP contribution is 2.20. The van der Waals surface area contributed by atoms with Crippen molar-refractivity contribution in [2.75, 3.05) is 20.2 Å². The zero-order valence-electron chi connectivity index (χ0n) is 14.1. The highest BCUT2D eigenvalue weighted by molar-refractivity contribution is 5.98. The van der Waals surface area contributed by atoms with E-state index in [1.807, 2.05) is 30.1 Å². The summed E-state index contributed by atoms with van der Waals surface area (Å²) in [5.74, 6) is 0.100. The van der Waals surface area contributed by atoms with Crippen molar-refractivity contribution in [3.05, 3.63) is 36.0 Å². The number of aromatic nitrogens is 1. The summed E-state index contributed by atoms with van der Waals surface area (Å²) in [6.07, 6.45) is 6.88. The number of aryl methyl sites for hydroxylation is 1. The molecule has 3 rings (SSSR count). The first-order chi connectivity index (χ1) is 11.2. The fourth-order valence-corrected chi connectivity index (χ4v) is 3.36. The van der Waals surface area contributed by atoms with Gasteiger partial charge in [-0.15, -0.1) is 0 Å². The van der Waals surface area contributed by atoms with Gasteiger partial charge in [0, 0.05) is 49.4 Å². The molecular weight excluding hydrogens is 288 g/mol. The van der Waals surface area contributed by atoms with Gasteiger partial charge in [0.2, 0.25) is 0 Å². The zero-order valence-corrected chi connectivity index (χ0v) is 14.1. The Kier molecular flexibility index (Phi) is 5.01. The summed E-state index contributed by atoms with van der Waals surface area (Å²) in [5, 5.41) is 1.13. The number of carbonyl (C=O) groups is 1. The number of ether oxygens (including phenoxy) is 1. The first-order valence-corrected chi connectivity index (χ1v) is 8.65. The summed E-state index contributed by atoms with van der Waals surface area (Å²) in [6, 6.07) is 8.06. The normalized spacial score (nSPS) is 17.7. The fourth-order valence-electron chi connectivity index (χ4n) is 3.36. The van der Waals surface area contributed by atoms with Crippen LogP contribution in [0.25, 0.3) is 10.9 Å². The molecule has 4 heteroatoms. The quantitative estimate of drug-likeness (QED) is 0.815. The first kappa shape index (κ1) is 16.1. The molecule has 1 aliphatic heterocycles. The van der Waals surface area contributed by atoms with Crippen LogP contribution in [0.15, 0.2) is 30.5 Å². The predicted octanol–water partition coefficient (Wildman–Crippen LogP) is 3.69. The van der Waals surface area contributed by atoms with Crippen LogP contribution < -0.4 is 0 Å². The van der Waals surface area contributed by atoms with Gasteiger partial charge in [-0.05, 0) is 56.9 Å². The summed E-state index contributed by atoms with van der Waals surface area (Å²) < 4.78 is 7.82. The molecule has 1 aromatic carbocycles. The van der Waals surface area contributed by atoms with Crippen molar-refractivity contribution in [1.82, 2.24) is 9.47 Å². The lowest BCUT2D eigenvalue weighted by atomic mass is 10.1. The molecule has 0 N–H and O–H groups in total. The minimum atomic E-state index is 0.100. The van der Waals surface area contributed by atoms with Crippen LogP contribution in [0, 0.1) is 0 Å². The maximum Gasteiger partial charge on any atom is 0.253 e. The lowest BCUT2D eigenvalue weighted by Crippen LogP contribution is -2.28. The lowest BCUT2D eigenvalue weighted by Gasteiger charge is -2.18. The average Bonchev–Trinajstić information content (AvgIpc) is 3.22. The third kappa shape index (κ3) is 3.58. The minimum absolute atomic E-state index is 0.100. The van der Waals surface area contributed by atoms with E-state index >= 15 is 0 Å². The van der Waals surface area contributed by atoms with Crippen molar-refractivity contribution < 1.29 is 9.53 Å². The van der Waals surface area contributed by atoms with Gasteiger partial charge in [0.15, 0.2) is 0 Å². The second kappa shape index (κ2) is 7.18. The maximum atomic E-state index is 12.6. The summed E-state index contributed by atoms with van der Waals surface area (Å²) in [7, 11) is 1.89. The van der Waals surface area contributed by atoms with E-state index in [9.17, 15) is 4.79 Å². The van der Waals surface area contributed by atoms with Crippen molar-refractivity contribution in [3.63, 3.8) is 0 Å². The standard InChI is InChI=1S/C19H26N2O2/c1-3-21-12-10-15-14-16(8-9-18(15)21)19(22)20(2)11-4-6-17-7-5-13-23-17/h8-10,12,14,17H,3-7,11,13H2,1-2H3/t17-/m1/s1. The Morgan fingerprint density at radius 2 is 2.26 bits per heavy atom. The summed E-state index contributed by atoms with van der Waals surface area (Å²) in [4.78, 5) is 14.4. The second-order valence-electron chi connectivity index (χ2n) is 6.38. The predicted molar refractivity (Wildman–Crippen MR) is 92.8 cm³/mol. The minimum Gasteiger partial charge on any atom is -0.378 e. The number of benzene rings is 1. The van der Waals surface area contributed by atoms with Crippen LogP contribution in [0.2, 0.25) is 0 Å². The molecule has 4 nitrogen and oxygen atoms in total. The van der Waals surface area contributed by atoms with Crippen LogP contribution in [0.3, 0.4) is 0 Å². The van der Waals surface area contributed by atoms with Crippen LogP contribution in [-0.2, 0) is 11.3 Å². The molecule has 2 heterocycles. The summed E-state index contributed by atoms with van der Waals surface area (Å²) in [6.45, 7) is 4.75. The van der Waals surface area contributed by atoms with Crippen molar-refractivity contribution in [1.29, 1.82) is 0 Å². The van der Waals surface area contributed by atoms with Gasteiger partial charge in [-0.3, -0.25) is 4.79 Å². The molecule has 1 atom stereocenters. The Balaban J connectivity index is 1.59. The molecule has 1 aromatic heterocycles. The van der Waals surface area contributed by atoms with E-state index < -0.39 is 0 Å². The molecule has 0 aliphatic carbocycles. The largest absolute Gasteiger partial charge is 0.378 e. The smallest absolute Gasteiger partial charge is 0.253 e. The van der Waals surface area contributed by atoms with Crippen LogP contribution in [0.4, 0.5) is 0 Å². The van der Waals surface area contributed by atoms with Gasteiger partial charge < -0.3 is 14.2 Å². The highest BCUT2D eigenvalue weighted by Gasteiger charge is 2.17. The number of rotatable bonds is 6. The number of carbonyl (C=O) groups excluding carboxylic acids is 1. The molecule has 0 saturated carbocycles. The third-order valence-corrected chi connectivity index (χ3v) is 4.75. The fraction of sp³-hybridized carbons (Fsp3) is 0.526. The molecule has 124 valence electrons. The van der Waals surface area contributed by atoms with E-state index in [4.69, 9.17) is 4.74 Å². The van der Waals surface area contributed by atoms with Gasteiger partial charge in [-0.25, -0.2) is 0 Å². The molecule has 0 unspecified atom stereocenters. The number of hydrogen-bond acceptors (Lipinski definition) is 2. The highest BCUT2D eigenvalue weighted by atomic mass is 16.5. The van der Waals surface area contributed by atoms with Gasteiger partial charge in [0.05, 0.1) is 6.10 Å². The molecule has 2 aromatic rings. The number of fused-ring (bicyclic) bond motifs is 1. The van der Waals surface area contributed by atoms with Crippen molar-refractivity contribution in [3.8, 4) is 0 Å². The number of nitrogens with zero attached hydrogens (tertiary/aromatic N) is 2. The summed E-state index contributed by atoms with van der Waals surface area (Å²) in [5.41, 5.74) is 1.95. The molecule has 0 bridgehead atoms. The van der Waals surface area contributed by atoms with Crippen molar-refractivity contribution in [2.45, 2.75) is 45.3 Å². The third-order valence-electron chi connectivity index (χ3n) is 4.75. The molecule has 0 spiro atoms. The first-order valence-electron chi connectivity index (χ1n) is 8.65. The molecule has 1 aliphatic rings. The van der Waals surface area contributed by atoms with E-state index in [1.165, 1.54) is 18.4 Å². The zero-order chi connectivity index (χ0) is 16.2. The molecule has 1 amide bonds. The van der Waals surface area contributed by atoms with E-state index in [1.54, 1.807) is 0 Å². The topological polar surface area (TPSA) is 34.5 Å². The average molecular weight is 314 g/mol. The van der Waals surface area contributed by atoms with Gasteiger partial charge in [0.25, 0.3) is 5.91 Å². The number of amides is 1. The Hall–Kier alpha value is -1.81. The molecular formula is C19H26N2O2. The van der Waals surface area contributed by atoms with Crippen LogP contribution >= 0.6 is 0 Å². The van der Waals surface area contributed by atoms with Crippen LogP contribution in [-0.4, -0.2) is 41.7 Å². The Labute approximate surface area is 138 Å². The van der Waals surface area contributed by atoms with Crippen LogP contribution in [0.5, 0.6) is 0 Å². The number of hydrogen-bond donors (Lipinski definition) is 0. The van der Waals surface area contributed by atoms with Gasteiger partial charge in [0.1, 0.15) is 0 Å². The molecule has 0 radical (unpaired) electrons.